The van der Waals surface area contributed by atoms with Gasteiger partial charge in [0.1, 0.15) is 0 Å². The van der Waals surface area contributed by atoms with E-state index in [4.69, 9.17) is 0 Å². The van der Waals surface area contributed by atoms with Gasteiger partial charge in [0.05, 0.1) is 4.88 Å². The maximum Gasteiger partial charge on any atom is 0.263 e. The van der Waals surface area contributed by atoms with E-state index in [9.17, 15) is 13.6 Å². The molecule has 3 aromatic rings. The Kier molecular flexibility index (Phi) is 7.33. The van der Waals surface area contributed by atoms with E-state index >= 15 is 0 Å². The predicted octanol–water partition coefficient (Wildman–Crippen LogP) is 5.62. The quantitative estimate of drug-likeness (QED) is 0.463. The van der Waals surface area contributed by atoms with Crippen LogP contribution in [0.3, 0.4) is 0 Å². The van der Waals surface area contributed by atoms with Gasteiger partial charge in [-0.1, -0.05) is 42.5 Å². The fourth-order valence-electron chi connectivity index (χ4n) is 4.59. The first-order valence-corrected chi connectivity index (χ1v) is 11.9. The van der Waals surface area contributed by atoms with Crippen molar-refractivity contribution in [1.82, 2.24) is 9.80 Å². The number of carbonyl (C=O) groups is 1. The molecule has 1 aliphatic heterocycles. The summed E-state index contributed by atoms with van der Waals surface area (Å²) in [6, 6.07) is 18.4. The molecule has 1 aliphatic rings. The lowest BCUT2D eigenvalue weighted by atomic mass is 9.84. The topological polar surface area (TPSA) is 23.6 Å². The Morgan fingerprint density at radius 3 is 2.44 bits per heavy atom. The molecule has 0 saturated carbocycles. The van der Waals surface area contributed by atoms with Crippen LogP contribution in [0.15, 0.2) is 66.0 Å². The number of piperidine rings is 1. The monoisotopic (exact) mass is 454 g/mol. The number of thiophene rings is 1. The smallest absolute Gasteiger partial charge is 0.263 e. The van der Waals surface area contributed by atoms with Gasteiger partial charge in [-0.3, -0.25) is 9.69 Å². The molecular formula is C26H28F2N2OS. The molecule has 6 heteroatoms. The Balaban J connectivity index is 1.44. The number of amides is 1. The van der Waals surface area contributed by atoms with Crippen LogP contribution in [-0.4, -0.2) is 41.9 Å². The second kappa shape index (κ2) is 10.4. The van der Waals surface area contributed by atoms with Crippen LogP contribution in [0.5, 0.6) is 0 Å². The molecule has 0 aliphatic carbocycles. The van der Waals surface area contributed by atoms with Gasteiger partial charge in [-0.25, -0.2) is 8.78 Å². The average Bonchev–Trinajstić information content (AvgIpc) is 3.35. The van der Waals surface area contributed by atoms with E-state index < -0.39 is 11.6 Å². The highest BCUT2D eigenvalue weighted by Gasteiger charge is 2.32. The molecule has 1 aromatic heterocycles. The van der Waals surface area contributed by atoms with Crippen LogP contribution >= 0.6 is 11.3 Å². The van der Waals surface area contributed by atoms with Crippen LogP contribution in [-0.2, 0) is 13.0 Å². The molecule has 168 valence electrons. The van der Waals surface area contributed by atoms with Crippen molar-refractivity contribution in [3.05, 3.63) is 93.7 Å². The summed E-state index contributed by atoms with van der Waals surface area (Å²) in [5.74, 6) is -1.15. The van der Waals surface area contributed by atoms with E-state index in [-0.39, 0.29) is 11.9 Å². The van der Waals surface area contributed by atoms with E-state index in [1.165, 1.54) is 29.0 Å². The Morgan fingerprint density at radius 2 is 1.78 bits per heavy atom. The Morgan fingerprint density at radius 1 is 1.03 bits per heavy atom. The largest absolute Gasteiger partial charge is 0.337 e. The zero-order valence-electron chi connectivity index (χ0n) is 18.2. The number of likely N-dealkylation sites (N-methyl/N-ethyl adjacent to an activating group) is 1. The predicted molar refractivity (Wildman–Crippen MR) is 125 cm³/mol. The third-order valence-corrected chi connectivity index (χ3v) is 7.26. The fourth-order valence-corrected chi connectivity index (χ4v) is 5.30. The number of likely N-dealkylation sites (tertiary alicyclic amines) is 1. The highest BCUT2D eigenvalue weighted by molar-refractivity contribution is 7.12. The van der Waals surface area contributed by atoms with Crippen molar-refractivity contribution in [3.63, 3.8) is 0 Å². The summed E-state index contributed by atoms with van der Waals surface area (Å²) >= 11 is 1.48. The minimum absolute atomic E-state index is 0.0742. The Labute approximate surface area is 192 Å². The molecule has 0 bridgehead atoms. The summed E-state index contributed by atoms with van der Waals surface area (Å²) in [4.78, 5) is 18.1. The number of rotatable bonds is 7. The molecule has 32 heavy (non-hydrogen) atoms. The number of carbonyl (C=O) groups excluding carboxylic acids is 1. The van der Waals surface area contributed by atoms with Crippen molar-refractivity contribution in [2.24, 2.45) is 5.92 Å². The summed E-state index contributed by atoms with van der Waals surface area (Å²) < 4.78 is 26.8. The molecule has 1 saturated heterocycles. The molecule has 2 heterocycles. The van der Waals surface area contributed by atoms with Gasteiger partial charge in [-0.15, -0.1) is 11.3 Å². The average molecular weight is 455 g/mol. The molecule has 0 spiro atoms. The fraction of sp³-hybridized carbons (Fsp3) is 0.346. The van der Waals surface area contributed by atoms with Crippen LogP contribution in [0.25, 0.3) is 0 Å². The van der Waals surface area contributed by atoms with Crippen molar-refractivity contribution in [3.8, 4) is 0 Å². The molecule has 1 atom stereocenters. The normalized spacial score (nSPS) is 16.1. The minimum atomic E-state index is -0.811. The lowest BCUT2D eigenvalue weighted by Crippen LogP contribution is -2.47. The number of hydrogen-bond acceptors (Lipinski definition) is 3. The second-order valence-electron chi connectivity index (χ2n) is 8.51. The highest BCUT2D eigenvalue weighted by Crippen LogP contribution is 2.28. The summed E-state index contributed by atoms with van der Waals surface area (Å²) in [6.07, 6.45) is 2.74. The molecular weight excluding hydrogens is 426 g/mol. The second-order valence-corrected chi connectivity index (χ2v) is 9.46. The highest BCUT2D eigenvalue weighted by atomic mass is 32.1. The van der Waals surface area contributed by atoms with Crippen molar-refractivity contribution in [2.75, 3.05) is 20.1 Å². The summed E-state index contributed by atoms with van der Waals surface area (Å²) in [5.41, 5.74) is 2.01. The molecule has 0 N–H and O–H groups in total. The Bertz CT molecular complexity index is 1020. The van der Waals surface area contributed by atoms with Crippen LogP contribution in [0, 0.1) is 17.6 Å². The summed E-state index contributed by atoms with van der Waals surface area (Å²) in [5, 5.41) is 1.93. The van der Waals surface area contributed by atoms with Crippen LogP contribution < -0.4 is 0 Å². The third kappa shape index (κ3) is 5.43. The summed E-state index contributed by atoms with van der Waals surface area (Å²) in [6.45, 7) is 2.35. The van der Waals surface area contributed by atoms with Crippen LogP contribution in [0.2, 0.25) is 0 Å². The van der Waals surface area contributed by atoms with E-state index in [1.807, 2.05) is 47.7 Å². The molecule has 1 fully saturated rings. The maximum absolute atomic E-state index is 13.6. The van der Waals surface area contributed by atoms with Gasteiger partial charge in [-0.2, -0.15) is 0 Å². The molecule has 1 unspecified atom stereocenters. The van der Waals surface area contributed by atoms with Crippen LogP contribution in [0.1, 0.15) is 33.6 Å². The van der Waals surface area contributed by atoms with Gasteiger partial charge >= 0.3 is 0 Å². The van der Waals surface area contributed by atoms with Gasteiger partial charge in [0.2, 0.25) is 0 Å². The number of nitrogens with zero attached hydrogens (tertiary/aromatic N) is 2. The lowest BCUT2D eigenvalue weighted by molar-refractivity contribution is 0.0589. The lowest BCUT2D eigenvalue weighted by Gasteiger charge is -2.40. The SMILES string of the molecule is CN(C(=O)c1cccs1)C(Cc1ccccc1)C1CCN(Cc2ccc(F)c(F)c2)CC1. The minimum Gasteiger partial charge on any atom is -0.337 e. The first-order chi connectivity index (χ1) is 15.5. The van der Waals surface area contributed by atoms with Crippen molar-refractivity contribution in [1.29, 1.82) is 0 Å². The van der Waals surface area contributed by atoms with Crippen molar-refractivity contribution >= 4 is 17.2 Å². The standard InChI is InChI=1S/C26H28F2N2OS/c1-29(26(31)25-8-5-15-32-25)24(17-19-6-3-2-4-7-19)21-11-13-30(14-12-21)18-20-9-10-22(27)23(28)16-20/h2-10,15-16,21,24H,11-14,17-18H2,1H3. The Hall–Kier alpha value is -2.57. The van der Waals surface area contributed by atoms with Gasteiger partial charge in [0.15, 0.2) is 11.6 Å². The van der Waals surface area contributed by atoms with Crippen molar-refractivity contribution < 1.29 is 13.6 Å². The maximum atomic E-state index is 13.6. The molecule has 3 nitrogen and oxygen atoms in total. The number of benzene rings is 2. The number of halogens is 2. The first kappa shape index (κ1) is 22.6. The molecule has 4 rings (SSSR count). The molecule has 0 radical (unpaired) electrons. The first-order valence-electron chi connectivity index (χ1n) is 11.0. The zero-order valence-corrected chi connectivity index (χ0v) is 19.0. The van der Waals surface area contributed by atoms with E-state index in [1.54, 1.807) is 6.07 Å². The van der Waals surface area contributed by atoms with Gasteiger partial charge in [-0.05, 0) is 73.0 Å². The molecule has 2 aromatic carbocycles. The van der Waals surface area contributed by atoms with Crippen LogP contribution in [0.4, 0.5) is 8.78 Å². The van der Waals surface area contributed by atoms with E-state index in [2.05, 4.69) is 17.0 Å². The molecule has 1 amide bonds. The zero-order chi connectivity index (χ0) is 22.5. The van der Waals surface area contributed by atoms with Gasteiger partial charge < -0.3 is 4.90 Å². The summed E-state index contributed by atoms with van der Waals surface area (Å²) in [7, 11) is 1.92. The third-order valence-electron chi connectivity index (χ3n) is 6.40. The number of hydrogen-bond donors (Lipinski definition) is 0. The van der Waals surface area contributed by atoms with E-state index in [0.29, 0.717) is 12.5 Å². The van der Waals surface area contributed by atoms with Crippen molar-refractivity contribution in [2.45, 2.75) is 31.8 Å². The van der Waals surface area contributed by atoms with E-state index in [0.717, 1.165) is 42.8 Å². The van der Waals surface area contributed by atoms with Gasteiger partial charge in [0, 0.05) is 19.6 Å². The van der Waals surface area contributed by atoms with Gasteiger partial charge in [0.25, 0.3) is 5.91 Å².